The van der Waals surface area contributed by atoms with Gasteiger partial charge in [0.05, 0.1) is 8.07 Å². The van der Waals surface area contributed by atoms with E-state index in [-0.39, 0.29) is 0 Å². The van der Waals surface area contributed by atoms with Crippen LogP contribution in [0.3, 0.4) is 0 Å². The molecule has 0 amide bonds. The zero-order valence-electron chi connectivity index (χ0n) is 11.8. The van der Waals surface area contributed by atoms with Gasteiger partial charge in [-0.05, 0) is 0 Å². The lowest BCUT2D eigenvalue weighted by Gasteiger charge is -2.22. The molecule has 0 N–H and O–H groups in total. The minimum absolute atomic E-state index is 1.15. The predicted molar refractivity (Wildman–Crippen MR) is 81.7 cm³/mol. The van der Waals surface area contributed by atoms with Gasteiger partial charge in [-0.2, -0.15) is 0 Å². The summed E-state index contributed by atoms with van der Waals surface area (Å²) >= 11 is 0. The summed E-state index contributed by atoms with van der Waals surface area (Å²) in [6.45, 7) is 7.30. The first-order valence-corrected chi connectivity index (χ1v) is 10.4. The van der Waals surface area contributed by atoms with E-state index >= 15 is 0 Å². The monoisotopic (exact) mass is 248 g/mol. The maximum absolute atomic E-state index is 2.51. The fourth-order valence-electron chi connectivity index (χ4n) is 2.38. The van der Waals surface area contributed by atoms with E-state index in [1.807, 2.05) is 0 Å². The van der Waals surface area contributed by atoms with Gasteiger partial charge in [0.2, 0.25) is 0 Å². The molecule has 0 aliphatic heterocycles. The molecule has 0 heterocycles. The van der Waals surface area contributed by atoms with Gasteiger partial charge in [0.15, 0.2) is 0 Å². The van der Waals surface area contributed by atoms with Gasteiger partial charge in [0.25, 0.3) is 0 Å². The second-order valence-corrected chi connectivity index (χ2v) is 10.6. The molecule has 0 aliphatic carbocycles. The minimum Gasteiger partial charge on any atom is -0.0654 e. The van der Waals surface area contributed by atoms with Crippen LogP contribution in [0.1, 0.15) is 45.4 Å². The maximum Gasteiger partial charge on any atom is 0.0806 e. The summed E-state index contributed by atoms with van der Waals surface area (Å²) in [6, 6.07) is 12.6. The van der Waals surface area contributed by atoms with Crippen LogP contribution in [0.25, 0.3) is 0 Å². The first-order chi connectivity index (χ1) is 8.17. The van der Waals surface area contributed by atoms with Gasteiger partial charge in [-0.3, -0.25) is 0 Å². The van der Waals surface area contributed by atoms with Crippen LogP contribution in [-0.2, 0) is 0 Å². The normalized spacial score (nSPS) is 11.7. The van der Waals surface area contributed by atoms with Gasteiger partial charge < -0.3 is 0 Å². The van der Waals surface area contributed by atoms with Crippen LogP contribution >= 0.6 is 0 Å². The van der Waals surface area contributed by atoms with E-state index in [0.717, 1.165) is 0 Å². The lowest BCUT2D eigenvalue weighted by Crippen LogP contribution is -2.40. The average Bonchev–Trinajstić information content (AvgIpc) is 2.35. The molecule has 0 nitrogen and oxygen atoms in total. The van der Waals surface area contributed by atoms with Crippen molar-refractivity contribution in [3.05, 3.63) is 30.3 Å². The fraction of sp³-hybridized carbons (Fsp3) is 0.625. The molecule has 96 valence electrons. The SMILES string of the molecule is CCCCCCCC[Si](C)(C)c1ccccc1. The third kappa shape index (κ3) is 5.54. The van der Waals surface area contributed by atoms with Crippen LogP contribution < -0.4 is 5.19 Å². The van der Waals surface area contributed by atoms with E-state index in [1.165, 1.54) is 44.6 Å². The zero-order valence-corrected chi connectivity index (χ0v) is 12.8. The Kier molecular flexibility index (Phi) is 6.57. The highest BCUT2D eigenvalue weighted by molar-refractivity contribution is 6.89. The van der Waals surface area contributed by atoms with Crippen LogP contribution in [0, 0.1) is 0 Å². The number of rotatable bonds is 8. The van der Waals surface area contributed by atoms with Crippen molar-refractivity contribution in [3.63, 3.8) is 0 Å². The number of benzene rings is 1. The Morgan fingerprint density at radius 1 is 0.824 bits per heavy atom. The third-order valence-corrected chi connectivity index (χ3v) is 7.21. The summed E-state index contributed by atoms with van der Waals surface area (Å²) in [6.07, 6.45) is 8.50. The van der Waals surface area contributed by atoms with Crippen LogP contribution in [0.5, 0.6) is 0 Å². The quantitative estimate of drug-likeness (QED) is 0.450. The Hall–Kier alpha value is -0.563. The Balaban J connectivity index is 2.26. The minimum atomic E-state index is -1.15. The third-order valence-electron chi connectivity index (χ3n) is 3.71. The molecule has 1 rings (SSSR count). The van der Waals surface area contributed by atoms with E-state index in [1.54, 1.807) is 5.19 Å². The van der Waals surface area contributed by atoms with Gasteiger partial charge in [-0.15, -0.1) is 0 Å². The Bertz CT molecular complexity index is 290. The molecule has 0 bridgehead atoms. The summed E-state index contributed by atoms with van der Waals surface area (Å²) in [7, 11) is -1.15. The Morgan fingerprint density at radius 3 is 2.06 bits per heavy atom. The van der Waals surface area contributed by atoms with Crippen molar-refractivity contribution in [1.82, 2.24) is 0 Å². The first-order valence-electron chi connectivity index (χ1n) is 7.22. The predicted octanol–water partition coefficient (Wildman–Crippen LogP) is 4.96. The standard InChI is InChI=1S/C16H28Si/c1-4-5-6-7-8-12-15-17(2,3)16-13-10-9-11-14-16/h9-11,13-14H,4-8,12,15H2,1-3H3. The van der Waals surface area contributed by atoms with E-state index in [4.69, 9.17) is 0 Å². The van der Waals surface area contributed by atoms with Crippen LogP contribution in [-0.4, -0.2) is 8.07 Å². The van der Waals surface area contributed by atoms with Crippen molar-refractivity contribution in [2.24, 2.45) is 0 Å². The van der Waals surface area contributed by atoms with Crippen molar-refractivity contribution in [2.45, 2.75) is 64.6 Å². The number of unbranched alkanes of at least 4 members (excludes halogenated alkanes) is 5. The Labute approximate surface area is 108 Å². The summed E-state index contributed by atoms with van der Waals surface area (Å²) in [5.41, 5.74) is 0. The molecule has 1 heteroatoms. The van der Waals surface area contributed by atoms with Crippen LogP contribution in [0.2, 0.25) is 19.1 Å². The van der Waals surface area contributed by atoms with Crippen molar-refractivity contribution < 1.29 is 0 Å². The second kappa shape index (κ2) is 7.70. The van der Waals surface area contributed by atoms with Crippen LogP contribution in [0.15, 0.2) is 30.3 Å². The van der Waals surface area contributed by atoms with Crippen molar-refractivity contribution in [3.8, 4) is 0 Å². The summed E-state index contributed by atoms with van der Waals surface area (Å²) in [5.74, 6) is 0. The lowest BCUT2D eigenvalue weighted by atomic mass is 10.1. The smallest absolute Gasteiger partial charge is 0.0654 e. The molecule has 0 saturated carbocycles. The van der Waals surface area contributed by atoms with Gasteiger partial charge in [0.1, 0.15) is 0 Å². The highest BCUT2D eigenvalue weighted by Crippen LogP contribution is 2.16. The fourth-order valence-corrected chi connectivity index (χ4v) is 4.90. The molecule has 0 saturated heterocycles. The van der Waals surface area contributed by atoms with Gasteiger partial charge in [-0.25, -0.2) is 0 Å². The van der Waals surface area contributed by atoms with Crippen molar-refractivity contribution in [2.75, 3.05) is 0 Å². The molecule has 17 heavy (non-hydrogen) atoms. The average molecular weight is 248 g/mol. The first kappa shape index (κ1) is 14.5. The highest BCUT2D eigenvalue weighted by atomic mass is 28.3. The molecular weight excluding hydrogens is 220 g/mol. The summed E-state index contributed by atoms with van der Waals surface area (Å²) in [5, 5.41) is 1.62. The lowest BCUT2D eigenvalue weighted by molar-refractivity contribution is 0.623. The highest BCUT2D eigenvalue weighted by Gasteiger charge is 2.21. The van der Waals surface area contributed by atoms with Crippen molar-refractivity contribution in [1.29, 1.82) is 0 Å². The van der Waals surface area contributed by atoms with E-state index in [0.29, 0.717) is 0 Å². The molecule has 1 aromatic carbocycles. The zero-order chi connectivity index (χ0) is 12.6. The largest absolute Gasteiger partial charge is 0.0806 e. The topological polar surface area (TPSA) is 0 Å². The molecular formula is C16H28Si. The molecule has 0 atom stereocenters. The van der Waals surface area contributed by atoms with Crippen LogP contribution in [0.4, 0.5) is 0 Å². The molecule has 0 spiro atoms. The van der Waals surface area contributed by atoms with Crippen molar-refractivity contribution >= 4 is 13.3 Å². The van der Waals surface area contributed by atoms with E-state index in [9.17, 15) is 0 Å². The molecule has 0 radical (unpaired) electrons. The second-order valence-electron chi connectivity index (χ2n) is 5.77. The molecule has 1 aromatic rings. The summed E-state index contributed by atoms with van der Waals surface area (Å²) in [4.78, 5) is 0. The Morgan fingerprint density at radius 2 is 1.41 bits per heavy atom. The molecule has 0 fully saturated rings. The molecule has 0 aromatic heterocycles. The number of hydrogen-bond acceptors (Lipinski definition) is 0. The van der Waals surface area contributed by atoms with Gasteiger partial charge in [0, 0.05) is 0 Å². The summed E-state index contributed by atoms with van der Waals surface area (Å²) < 4.78 is 0. The number of hydrogen-bond donors (Lipinski definition) is 0. The van der Waals surface area contributed by atoms with Gasteiger partial charge >= 0.3 is 0 Å². The molecule has 0 unspecified atom stereocenters. The molecule has 0 aliphatic rings. The van der Waals surface area contributed by atoms with Gasteiger partial charge in [-0.1, -0.05) is 100 Å². The maximum atomic E-state index is 2.51. The van der Waals surface area contributed by atoms with E-state index in [2.05, 4.69) is 50.3 Å². The van der Waals surface area contributed by atoms with E-state index < -0.39 is 8.07 Å².